The van der Waals surface area contributed by atoms with E-state index in [1.165, 1.54) is 58.2 Å². The number of unbranched alkanes of at least 4 members (excludes halogenated alkanes) is 3. The van der Waals surface area contributed by atoms with E-state index in [9.17, 15) is 4.79 Å². The van der Waals surface area contributed by atoms with Crippen molar-refractivity contribution in [3.8, 4) is 0 Å². The van der Waals surface area contributed by atoms with Gasteiger partial charge in [0.15, 0.2) is 0 Å². The molecule has 1 heterocycles. The molecule has 3 heteroatoms. The third-order valence-corrected chi connectivity index (χ3v) is 4.08. The summed E-state index contributed by atoms with van der Waals surface area (Å²) >= 11 is 0. The summed E-state index contributed by atoms with van der Waals surface area (Å²) < 4.78 is 0. The Morgan fingerprint density at radius 1 is 1.00 bits per heavy atom. The maximum absolute atomic E-state index is 11.5. The first-order chi connectivity index (χ1) is 9.24. The Morgan fingerprint density at radius 3 is 2.32 bits per heavy atom. The lowest BCUT2D eigenvalue weighted by molar-refractivity contribution is -0.129. The van der Waals surface area contributed by atoms with Crippen LogP contribution in [0.4, 0.5) is 0 Å². The quantitative estimate of drug-likeness (QED) is 0.599. The molecule has 0 aromatic carbocycles. The third kappa shape index (κ3) is 7.56. The van der Waals surface area contributed by atoms with Crippen LogP contribution in [0.15, 0.2) is 0 Å². The van der Waals surface area contributed by atoms with E-state index in [1.807, 2.05) is 4.90 Å². The summed E-state index contributed by atoms with van der Waals surface area (Å²) in [6.07, 6.45) is 10.2. The van der Waals surface area contributed by atoms with Crippen molar-refractivity contribution in [3.63, 3.8) is 0 Å². The molecule has 1 fully saturated rings. The van der Waals surface area contributed by atoms with Crippen LogP contribution in [0.2, 0.25) is 0 Å². The largest absolute Gasteiger partial charge is 0.343 e. The van der Waals surface area contributed by atoms with Gasteiger partial charge in [-0.05, 0) is 51.7 Å². The summed E-state index contributed by atoms with van der Waals surface area (Å²) in [6.45, 7) is 9.63. The maximum Gasteiger partial charge on any atom is 0.219 e. The highest BCUT2D eigenvalue weighted by atomic mass is 16.2. The predicted octanol–water partition coefficient (Wildman–Crippen LogP) is 3.29. The Balaban J connectivity index is 2.02. The van der Waals surface area contributed by atoms with Gasteiger partial charge < -0.3 is 9.80 Å². The van der Waals surface area contributed by atoms with Crippen molar-refractivity contribution in [1.82, 2.24) is 9.80 Å². The van der Waals surface area contributed by atoms with Crippen LogP contribution in [0.5, 0.6) is 0 Å². The van der Waals surface area contributed by atoms with Crippen LogP contribution in [0.3, 0.4) is 0 Å². The molecule has 19 heavy (non-hydrogen) atoms. The minimum absolute atomic E-state index is 0.240. The first kappa shape index (κ1) is 16.5. The van der Waals surface area contributed by atoms with Crippen molar-refractivity contribution in [2.75, 3.05) is 32.7 Å². The van der Waals surface area contributed by atoms with Gasteiger partial charge in [-0.2, -0.15) is 0 Å². The number of carbonyl (C=O) groups excluding carboxylic acids is 1. The second-order valence-corrected chi connectivity index (χ2v) is 5.82. The molecule has 0 N–H and O–H groups in total. The molecule has 1 aliphatic rings. The van der Waals surface area contributed by atoms with Crippen molar-refractivity contribution >= 4 is 5.91 Å². The summed E-state index contributed by atoms with van der Waals surface area (Å²) in [4.78, 5) is 16.1. The van der Waals surface area contributed by atoms with Gasteiger partial charge >= 0.3 is 0 Å². The molecule has 0 spiro atoms. The van der Waals surface area contributed by atoms with Crippen LogP contribution in [0, 0.1) is 0 Å². The van der Waals surface area contributed by atoms with Crippen LogP contribution in [-0.2, 0) is 4.79 Å². The van der Waals surface area contributed by atoms with Gasteiger partial charge in [-0.1, -0.05) is 26.2 Å². The van der Waals surface area contributed by atoms with E-state index < -0.39 is 0 Å². The van der Waals surface area contributed by atoms with E-state index in [4.69, 9.17) is 0 Å². The van der Waals surface area contributed by atoms with E-state index in [0.717, 1.165) is 25.9 Å². The Labute approximate surface area is 119 Å². The molecule has 112 valence electrons. The fourth-order valence-corrected chi connectivity index (χ4v) is 2.77. The molecular weight excluding hydrogens is 236 g/mol. The molecule has 1 saturated heterocycles. The SMILES string of the molecule is CCCCN(CCCCCN1CCCCC1)C(C)=O. The molecule has 1 rings (SSSR count). The second-order valence-electron chi connectivity index (χ2n) is 5.82. The molecule has 0 aromatic rings. The van der Waals surface area contributed by atoms with E-state index >= 15 is 0 Å². The highest BCUT2D eigenvalue weighted by Crippen LogP contribution is 2.10. The lowest BCUT2D eigenvalue weighted by Crippen LogP contribution is -2.31. The van der Waals surface area contributed by atoms with Crippen LogP contribution < -0.4 is 0 Å². The zero-order chi connectivity index (χ0) is 13.9. The van der Waals surface area contributed by atoms with Gasteiger partial charge in [0.25, 0.3) is 0 Å². The molecule has 0 aromatic heterocycles. The number of likely N-dealkylation sites (tertiary alicyclic amines) is 1. The minimum atomic E-state index is 0.240. The van der Waals surface area contributed by atoms with Gasteiger partial charge in [0.1, 0.15) is 0 Å². The van der Waals surface area contributed by atoms with Gasteiger partial charge in [-0.3, -0.25) is 4.79 Å². The molecule has 1 aliphatic heterocycles. The topological polar surface area (TPSA) is 23.6 Å². The van der Waals surface area contributed by atoms with Crippen molar-refractivity contribution in [1.29, 1.82) is 0 Å². The molecule has 0 atom stereocenters. The summed E-state index contributed by atoms with van der Waals surface area (Å²) in [7, 11) is 0. The van der Waals surface area contributed by atoms with Crippen molar-refractivity contribution < 1.29 is 4.79 Å². The first-order valence-corrected chi connectivity index (χ1v) is 8.22. The highest BCUT2D eigenvalue weighted by molar-refractivity contribution is 5.73. The zero-order valence-electron chi connectivity index (χ0n) is 13.0. The fourth-order valence-electron chi connectivity index (χ4n) is 2.77. The number of piperidine rings is 1. The average molecular weight is 268 g/mol. The molecule has 1 amide bonds. The van der Waals surface area contributed by atoms with E-state index in [0.29, 0.717) is 0 Å². The van der Waals surface area contributed by atoms with Crippen molar-refractivity contribution in [2.24, 2.45) is 0 Å². The molecule has 0 unspecified atom stereocenters. The maximum atomic E-state index is 11.5. The third-order valence-electron chi connectivity index (χ3n) is 4.08. The van der Waals surface area contributed by atoms with Gasteiger partial charge in [-0.25, -0.2) is 0 Å². The average Bonchev–Trinajstić information content (AvgIpc) is 2.42. The van der Waals surface area contributed by atoms with Crippen LogP contribution >= 0.6 is 0 Å². The minimum Gasteiger partial charge on any atom is -0.343 e. The van der Waals surface area contributed by atoms with E-state index in [1.54, 1.807) is 6.92 Å². The van der Waals surface area contributed by atoms with Crippen LogP contribution in [0.25, 0.3) is 0 Å². The summed E-state index contributed by atoms with van der Waals surface area (Å²) in [5.74, 6) is 0.240. The van der Waals surface area contributed by atoms with Crippen molar-refractivity contribution in [3.05, 3.63) is 0 Å². The first-order valence-electron chi connectivity index (χ1n) is 8.22. The number of rotatable bonds is 9. The van der Waals surface area contributed by atoms with Gasteiger partial charge in [0, 0.05) is 20.0 Å². The lowest BCUT2D eigenvalue weighted by atomic mass is 10.1. The van der Waals surface area contributed by atoms with Gasteiger partial charge in [0.2, 0.25) is 5.91 Å². The Hall–Kier alpha value is -0.570. The summed E-state index contributed by atoms with van der Waals surface area (Å²) in [6, 6.07) is 0. The number of amides is 1. The fraction of sp³-hybridized carbons (Fsp3) is 0.938. The van der Waals surface area contributed by atoms with E-state index in [2.05, 4.69) is 11.8 Å². The zero-order valence-corrected chi connectivity index (χ0v) is 13.0. The Morgan fingerprint density at radius 2 is 1.68 bits per heavy atom. The number of hydrogen-bond acceptors (Lipinski definition) is 2. The van der Waals surface area contributed by atoms with Gasteiger partial charge in [0.05, 0.1) is 0 Å². The molecule has 3 nitrogen and oxygen atoms in total. The summed E-state index contributed by atoms with van der Waals surface area (Å²) in [5, 5.41) is 0. The summed E-state index contributed by atoms with van der Waals surface area (Å²) in [5.41, 5.74) is 0. The predicted molar refractivity (Wildman–Crippen MR) is 81.3 cm³/mol. The second kappa shape index (κ2) is 10.2. The molecule has 0 saturated carbocycles. The smallest absolute Gasteiger partial charge is 0.219 e. The van der Waals surface area contributed by atoms with Crippen molar-refractivity contribution in [2.45, 2.75) is 65.2 Å². The Kier molecular flexibility index (Phi) is 8.89. The monoisotopic (exact) mass is 268 g/mol. The van der Waals surface area contributed by atoms with Crippen LogP contribution in [-0.4, -0.2) is 48.4 Å². The molecule has 0 aliphatic carbocycles. The van der Waals surface area contributed by atoms with Gasteiger partial charge in [-0.15, -0.1) is 0 Å². The molecular formula is C16H32N2O. The molecule has 0 radical (unpaired) electrons. The highest BCUT2D eigenvalue weighted by Gasteiger charge is 2.10. The lowest BCUT2D eigenvalue weighted by Gasteiger charge is -2.26. The normalized spacial score (nSPS) is 16.5. The molecule has 0 bridgehead atoms. The standard InChI is InChI=1S/C16H32N2O/c1-3-4-14-18(16(2)19)15-10-6-9-13-17-11-7-5-8-12-17/h3-15H2,1-2H3. The number of nitrogens with zero attached hydrogens (tertiary/aromatic N) is 2. The van der Waals surface area contributed by atoms with Crippen LogP contribution in [0.1, 0.15) is 65.2 Å². The number of carbonyl (C=O) groups is 1. The van der Waals surface area contributed by atoms with E-state index in [-0.39, 0.29) is 5.91 Å². The number of hydrogen-bond donors (Lipinski definition) is 0. The Bertz CT molecular complexity index is 237.